The van der Waals surface area contributed by atoms with Gasteiger partial charge in [0.05, 0.1) is 0 Å². The van der Waals surface area contributed by atoms with Crippen molar-refractivity contribution in [2.24, 2.45) is 0 Å². The van der Waals surface area contributed by atoms with E-state index in [0.29, 0.717) is 13.0 Å². The normalized spacial score (nSPS) is 13.6. The van der Waals surface area contributed by atoms with Crippen molar-refractivity contribution in [2.75, 3.05) is 6.54 Å². The summed E-state index contributed by atoms with van der Waals surface area (Å²) in [6.45, 7) is 15.7. The van der Waals surface area contributed by atoms with Crippen LogP contribution in [0.1, 0.15) is 89.1 Å². The lowest BCUT2D eigenvalue weighted by Crippen LogP contribution is -2.54. The molecule has 2 aromatic rings. The maximum absolute atomic E-state index is 14.3. The lowest BCUT2D eigenvalue weighted by atomic mass is 9.97. The highest BCUT2D eigenvalue weighted by molar-refractivity contribution is 5.92. The molecule has 0 saturated carbocycles. The van der Waals surface area contributed by atoms with Gasteiger partial charge in [0.25, 0.3) is 0 Å². The number of amides is 3. The van der Waals surface area contributed by atoms with Crippen LogP contribution in [0.2, 0.25) is 0 Å². The van der Waals surface area contributed by atoms with Gasteiger partial charge < -0.3 is 20.3 Å². The van der Waals surface area contributed by atoms with E-state index in [-0.39, 0.29) is 24.3 Å². The highest BCUT2D eigenvalue weighted by Crippen LogP contribution is 2.26. The van der Waals surface area contributed by atoms with E-state index in [4.69, 9.17) is 4.74 Å². The van der Waals surface area contributed by atoms with Crippen LogP contribution in [0.15, 0.2) is 48.5 Å². The Morgan fingerprint density at radius 2 is 1.54 bits per heavy atom. The van der Waals surface area contributed by atoms with Crippen LogP contribution < -0.4 is 10.6 Å². The van der Waals surface area contributed by atoms with Crippen molar-refractivity contribution in [1.82, 2.24) is 15.5 Å². The molecule has 0 aliphatic heterocycles. The number of alkyl carbamates (subject to hydrolysis) is 1. The van der Waals surface area contributed by atoms with Crippen LogP contribution >= 0.6 is 0 Å². The maximum atomic E-state index is 14.3. The number of hydrogen-bond acceptors (Lipinski definition) is 4. The van der Waals surface area contributed by atoms with Crippen molar-refractivity contribution < 1.29 is 19.1 Å². The third-order valence-electron chi connectivity index (χ3n) is 6.25. The second kappa shape index (κ2) is 14.7. The third-order valence-corrected chi connectivity index (χ3v) is 6.25. The first-order valence-electron chi connectivity index (χ1n) is 14.1. The van der Waals surface area contributed by atoms with Crippen molar-refractivity contribution in [2.45, 2.75) is 105 Å². The molecule has 2 N–H and O–H groups in total. The predicted octanol–water partition coefficient (Wildman–Crippen LogP) is 6.02. The molecule has 3 amide bonds. The van der Waals surface area contributed by atoms with Crippen LogP contribution in [0.4, 0.5) is 4.79 Å². The van der Waals surface area contributed by atoms with E-state index < -0.39 is 23.8 Å². The molecule has 39 heavy (non-hydrogen) atoms. The van der Waals surface area contributed by atoms with Crippen LogP contribution in [0.25, 0.3) is 0 Å². The number of nitrogens with zero attached hydrogens (tertiary/aromatic N) is 1. The van der Waals surface area contributed by atoms with Crippen molar-refractivity contribution in [3.8, 4) is 0 Å². The lowest BCUT2D eigenvalue weighted by molar-refractivity contribution is -0.142. The van der Waals surface area contributed by atoms with Crippen molar-refractivity contribution in [3.05, 3.63) is 70.8 Å². The average molecular weight is 538 g/mol. The van der Waals surface area contributed by atoms with E-state index in [1.165, 1.54) is 0 Å². The number of ether oxygens (including phenoxy) is 1. The molecular formula is C32H47N3O4. The van der Waals surface area contributed by atoms with Gasteiger partial charge in [-0.05, 0) is 65.5 Å². The number of rotatable bonds is 12. The molecule has 0 radical (unpaired) electrons. The van der Waals surface area contributed by atoms with E-state index in [2.05, 4.69) is 17.6 Å². The minimum Gasteiger partial charge on any atom is -0.444 e. The smallest absolute Gasteiger partial charge is 0.408 e. The van der Waals surface area contributed by atoms with E-state index in [9.17, 15) is 14.4 Å². The van der Waals surface area contributed by atoms with Crippen LogP contribution in [0, 0.1) is 13.8 Å². The molecule has 0 saturated heterocycles. The zero-order valence-corrected chi connectivity index (χ0v) is 25.0. The number of aryl methyl sites for hydroxylation is 2. The first kappa shape index (κ1) is 31.9. The summed E-state index contributed by atoms with van der Waals surface area (Å²) in [4.78, 5) is 42.6. The molecule has 3 atom stereocenters. The second-order valence-electron chi connectivity index (χ2n) is 11.4. The van der Waals surface area contributed by atoms with Gasteiger partial charge in [-0.2, -0.15) is 0 Å². The average Bonchev–Trinajstić information content (AvgIpc) is 2.82. The molecule has 2 aromatic carbocycles. The summed E-state index contributed by atoms with van der Waals surface area (Å²) in [5.41, 5.74) is 2.96. The molecule has 0 aromatic heterocycles. The van der Waals surface area contributed by atoms with Gasteiger partial charge in [0, 0.05) is 19.0 Å². The van der Waals surface area contributed by atoms with Gasteiger partial charge in [0.2, 0.25) is 11.8 Å². The Morgan fingerprint density at radius 3 is 2.08 bits per heavy atom. The van der Waals surface area contributed by atoms with Gasteiger partial charge in [-0.15, -0.1) is 0 Å². The summed E-state index contributed by atoms with van der Waals surface area (Å²) < 4.78 is 5.50. The van der Waals surface area contributed by atoms with Gasteiger partial charge in [-0.3, -0.25) is 9.59 Å². The first-order chi connectivity index (χ1) is 18.3. The fourth-order valence-electron chi connectivity index (χ4n) is 4.77. The topological polar surface area (TPSA) is 87.7 Å². The fourth-order valence-corrected chi connectivity index (χ4v) is 4.77. The van der Waals surface area contributed by atoms with E-state index in [0.717, 1.165) is 35.1 Å². The first-order valence-corrected chi connectivity index (χ1v) is 14.1. The van der Waals surface area contributed by atoms with Gasteiger partial charge in [0.1, 0.15) is 17.7 Å². The molecule has 0 fully saturated rings. The molecule has 7 heteroatoms. The number of hydrogen-bond donors (Lipinski definition) is 2. The van der Waals surface area contributed by atoms with E-state index in [1.54, 1.807) is 25.7 Å². The molecule has 2 rings (SSSR count). The minimum absolute atomic E-state index is 0.0329. The Bertz CT molecular complexity index is 1070. The molecule has 0 aliphatic carbocycles. The highest BCUT2D eigenvalue weighted by Gasteiger charge is 2.36. The summed E-state index contributed by atoms with van der Waals surface area (Å²) in [5.74, 6) is -0.549. The largest absolute Gasteiger partial charge is 0.444 e. The highest BCUT2D eigenvalue weighted by atomic mass is 16.6. The zero-order chi connectivity index (χ0) is 29.2. The van der Waals surface area contributed by atoms with Crippen molar-refractivity contribution in [1.29, 1.82) is 0 Å². The van der Waals surface area contributed by atoms with Gasteiger partial charge in [-0.1, -0.05) is 79.9 Å². The standard InChI is InChI=1S/C32H47N3O4/c1-9-14-24(5)33-29(36)28(26-19-22(3)18-23(4)20-26)35(17-10-2)30(37)27(21-25-15-12-11-13-16-25)34-31(38)39-32(6,7)8/h11-13,15-16,18-20,24,27-28H,9-10,14,17,21H2,1-8H3,(H,33,36)(H,34,38). The molecule has 7 nitrogen and oxygen atoms in total. The lowest BCUT2D eigenvalue weighted by Gasteiger charge is -2.35. The van der Waals surface area contributed by atoms with Crippen molar-refractivity contribution >= 4 is 17.9 Å². The Balaban J connectivity index is 2.55. The predicted molar refractivity (Wildman–Crippen MR) is 156 cm³/mol. The van der Waals surface area contributed by atoms with Gasteiger partial charge >= 0.3 is 6.09 Å². The van der Waals surface area contributed by atoms with Gasteiger partial charge in [0.15, 0.2) is 0 Å². The van der Waals surface area contributed by atoms with Gasteiger partial charge in [-0.25, -0.2) is 4.79 Å². The SMILES string of the molecule is CCCC(C)NC(=O)C(c1cc(C)cc(C)c1)N(CCC)C(=O)C(Cc1ccccc1)NC(=O)OC(C)(C)C. The van der Waals surface area contributed by atoms with Crippen LogP contribution in [0.5, 0.6) is 0 Å². The molecule has 0 bridgehead atoms. The number of benzene rings is 2. The Morgan fingerprint density at radius 1 is 0.923 bits per heavy atom. The van der Waals surface area contributed by atoms with Crippen LogP contribution in [0.3, 0.4) is 0 Å². The van der Waals surface area contributed by atoms with E-state index >= 15 is 0 Å². The number of nitrogens with one attached hydrogen (secondary N) is 2. The Kier molecular flexibility index (Phi) is 12.0. The number of carbonyl (C=O) groups excluding carboxylic acids is 3. The molecule has 0 spiro atoms. The fraction of sp³-hybridized carbons (Fsp3) is 0.531. The Hall–Kier alpha value is -3.35. The summed E-state index contributed by atoms with van der Waals surface area (Å²) in [7, 11) is 0. The zero-order valence-electron chi connectivity index (χ0n) is 25.0. The molecular weight excluding hydrogens is 490 g/mol. The quantitative estimate of drug-likeness (QED) is 0.346. The summed E-state index contributed by atoms with van der Waals surface area (Å²) in [5, 5.41) is 5.93. The monoisotopic (exact) mass is 537 g/mol. The second-order valence-corrected chi connectivity index (χ2v) is 11.4. The summed E-state index contributed by atoms with van der Waals surface area (Å²) in [6, 6.07) is 13.7. The molecule has 0 aliphatic rings. The van der Waals surface area contributed by atoms with Crippen molar-refractivity contribution in [3.63, 3.8) is 0 Å². The maximum Gasteiger partial charge on any atom is 0.408 e. The molecule has 0 heterocycles. The molecule has 3 unspecified atom stereocenters. The third kappa shape index (κ3) is 10.4. The Labute approximate surface area is 234 Å². The number of carbonyl (C=O) groups is 3. The summed E-state index contributed by atoms with van der Waals surface area (Å²) in [6.07, 6.45) is 2.02. The van der Waals surface area contributed by atoms with E-state index in [1.807, 2.05) is 76.2 Å². The van der Waals surface area contributed by atoms with Crippen LogP contribution in [-0.4, -0.2) is 47.0 Å². The van der Waals surface area contributed by atoms with Crippen LogP contribution in [-0.2, 0) is 20.7 Å². The summed E-state index contributed by atoms with van der Waals surface area (Å²) >= 11 is 0. The molecule has 214 valence electrons. The minimum atomic E-state index is -0.914.